The van der Waals surface area contributed by atoms with E-state index in [1.54, 1.807) is 24.3 Å². The first-order valence-corrected chi connectivity index (χ1v) is 12.9. The summed E-state index contributed by atoms with van der Waals surface area (Å²) in [4.78, 5) is 30.8. The molecule has 0 aromatic heterocycles. The van der Waals surface area contributed by atoms with Crippen LogP contribution in [0.15, 0.2) is 72.8 Å². The monoisotopic (exact) mass is 503 g/mol. The van der Waals surface area contributed by atoms with Gasteiger partial charge in [0.1, 0.15) is 0 Å². The minimum atomic E-state index is -0.259. The summed E-state index contributed by atoms with van der Waals surface area (Å²) in [6.45, 7) is 3.31. The van der Waals surface area contributed by atoms with E-state index in [1.165, 1.54) is 12.8 Å². The number of anilines is 2. The van der Waals surface area contributed by atoms with Gasteiger partial charge in [-0.25, -0.2) is 0 Å². The van der Waals surface area contributed by atoms with Gasteiger partial charge in [-0.3, -0.25) is 9.59 Å². The zero-order valence-electron chi connectivity index (χ0n) is 21.2. The largest absolute Gasteiger partial charge is 0.377 e. The van der Waals surface area contributed by atoms with Crippen LogP contribution in [0, 0.1) is 5.92 Å². The maximum atomic E-state index is 13.8. The third-order valence-corrected chi connectivity index (χ3v) is 7.02. The molecule has 1 unspecified atom stereocenters. The van der Waals surface area contributed by atoms with Crippen LogP contribution < -0.4 is 10.2 Å². The van der Waals surface area contributed by atoms with Crippen LogP contribution in [0.25, 0.3) is 0 Å². The fourth-order valence-electron chi connectivity index (χ4n) is 4.58. The first-order valence-electron chi connectivity index (χ1n) is 12.6. The van der Waals surface area contributed by atoms with Gasteiger partial charge in [-0.2, -0.15) is 0 Å². The van der Waals surface area contributed by atoms with Crippen LogP contribution in [0.5, 0.6) is 0 Å². The topological polar surface area (TPSA) is 52.7 Å². The normalized spacial score (nSPS) is 13.7. The fourth-order valence-corrected chi connectivity index (χ4v) is 4.80. The Hall–Kier alpha value is -3.31. The zero-order valence-corrected chi connectivity index (χ0v) is 22.0. The lowest BCUT2D eigenvalue weighted by molar-refractivity contribution is -0.133. The average molecular weight is 504 g/mol. The molecule has 0 heterocycles. The van der Waals surface area contributed by atoms with Crippen LogP contribution in [0.2, 0.25) is 5.02 Å². The number of carbonyl (C=O) groups excluding carboxylic acids is 2. The molecular weight excluding hydrogens is 470 g/mol. The summed E-state index contributed by atoms with van der Waals surface area (Å²) in [5.41, 5.74) is 4.17. The number of rotatable bonds is 10. The van der Waals surface area contributed by atoms with Gasteiger partial charge in [0.25, 0.3) is 5.91 Å². The van der Waals surface area contributed by atoms with Crippen molar-refractivity contribution in [1.82, 2.24) is 4.90 Å². The maximum absolute atomic E-state index is 13.8. The van der Waals surface area contributed by atoms with Crippen molar-refractivity contribution in [2.24, 2.45) is 5.92 Å². The van der Waals surface area contributed by atoms with E-state index < -0.39 is 0 Å². The lowest BCUT2D eigenvalue weighted by Gasteiger charge is -2.29. The molecule has 1 aliphatic rings. The van der Waals surface area contributed by atoms with Gasteiger partial charge in [0.05, 0.1) is 16.5 Å². The van der Waals surface area contributed by atoms with E-state index in [4.69, 9.17) is 11.6 Å². The molecule has 1 saturated carbocycles. The summed E-state index contributed by atoms with van der Waals surface area (Å²) in [5, 5.41) is 3.39. The van der Waals surface area contributed by atoms with Gasteiger partial charge < -0.3 is 15.1 Å². The van der Waals surface area contributed by atoms with E-state index in [-0.39, 0.29) is 17.7 Å². The highest BCUT2D eigenvalue weighted by Crippen LogP contribution is 2.34. The van der Waals surface area contributed by atoms with Crippen molar-refractivity contribution in [2.45, 2.75) is 38.6 Å². The third kappa shape index (κ3) is 6.27. The number of nitrogens with zero attached hydrogens (tertiary/aromatic N) is 2. The van der Waals surface area contributed by atoms with Gasteiger partial charge in [0.15, 0.2) is 0 Å². The molecule has 6 heteroatoms. The number of nitrogens with one attached hydrogen (secondary N) is 1. The molecule has 0 saturated heterocycles. The molecule has 3 aromatic carbocycles. The minimum Gasteiger partial charge on any atom is -0.377 e. The summed E-state index contributed by atoms with van der Waals surface area (Å²) >= 11 is 6.22. The molecule has 1 fully saturated rings. The minimum absolute atomic E-state index is 0.158. The van der Waals surface area contributed by atoms with Gasteiger partial charge in [-0.1, -0.05) is 61.0 Å². The number of hydrogen-bond donors (Lipinski definition) is 1. The van der Waals surface area contributed by atoms with E-state index in [0.717, 1.165) is 29.8 Å². The van der Waals surface area contributed by atoms with Crippen LogP contribution in [-0.4, -0.2) is 37.4 Å². The molecule has 36 heavy (non-hydrogen) atoms. The van der Waals surface area contributed by atoms with Gasteiger partial charge in [0.2, 0.25) is 5.91 Å². The summed E-state index contributed by atoms with van der Waals surface area (Å²) in [6.07, 6.45) is 3.08. The number of benzene rings is 3. The summed E-state index contributed by atoms with van der Waals surface area (Å²) in [6, 6.07) is 22.9. The molecule has 0 spiro atoms. The standard InChI is InChI=1S/C30H34ClN3O2/c1-4-25(22-10-6-5-7-11-22)30(36)34(19-21-14-15-21)20-23-18-24(16-17-28(23)33(2)3)32-29(35)26-12-8-9-13-27(26)31/h5-13,16-18,21,25H,4,14-15,19-20H2,1-3H3,(H,32,35). The molecule has 1 N–H and O–H groups in total. The highest BCUT2D eigenvalue weighted by Gasteiger charge is 2.31. The van der Waals surface area contributed by atoms with Crippen molar-refractivity contribution < 1.29 is 9.59 Å². The second kappa shape index (κ2) is 11.6. The molecule has 0 aliphatic heterocycles. The molecule has 2 amide bonds. The highest BCUT2D eigenvalue weighted by molar-refractivity contribution is 6.34. The number of carbonyl (C=O) groups is 2. The summed E-state index contributed by atoms with van der Waals surface area (Å²) < 4.78 is 0. The lowest BCUT2D eigenvalue weighted by Crippen LogP contribution is -2.36. The summed E-state index contributed by atoms with van der Waals surface area (Å²) in [7, 11) is 3.99. The number of hydrogen-bond acceptors (Lipinski definition) is 3. The predicted octanol–water partition coefficient (Wildman–Crippen LogP) is 6.59. The number of amides is 2. The van der Waals surface area contributed by atoms with E-state index in [9.17, 15) is 9.59 Å². The molecule has 5 nitrogen and oxygen atoms in total. The van der Waals surface area contributed by atoms with E-state index in [1.807, 2.05) is 72.4 Å². The second-order valence-electron chi connectivity index (χ2n) is 9.71. The van der Waals surface area contributed by atoms with E-state index in [2.05, 4.69) is 12.2 Å². The van der Waals surface area contributed by atoms with Crippen LogP contribution in [-0.2, 0) is 11.3 Å². The third-order valence-electron chi connectivity index (χ3n) is 6.69. The van der Waals surface area contributed by atoms with E-state index in [0.29, 0.717) is 28.7 Å². The van der Waals surface area contributed by atoms with Gasteiger partial charge in [-0.05, 0) is 66.6 Å². The zero-order chi connectivity index (χ0) is 25.7. The molecule has 1 atom stereocenters. The Kier molecular flexibility index (Phi) is 8.32. The fraction of sp³-hybridized carbons (Fsp3) is 0.333. The maximum Gasteiger partial charge on any atom is 0.257 e. The molecule has 188 valence electrons. The Labute approximate surface area is 219 Å². The van der Waals surface area contributed by atoms with E-state index >= 15 is 0 Å². The van der Waals surface area contributed by atoms with Gasteiger partial charge in [-0.15, -0.1) is 0 Å². The smallest absolute Gasteiger partial charge is 0.257 e. The van der Waals surface area contributed by atoms with Crippen molar-refractivity contribution in [1.29, 1.82) is 0 Å². The Morgan fingerprint density at radius 2 is 1.69 bits per heavy atom. The van der Waals surface area contributed by atoms with Crippen LogP contribution in [0.3, 0.4) is 0 Å². The summed E-state index contributed by atoms with van der Waals surface area (Å²) in [5.74, 6) is 0.292. The first kappa shape index (κ1) is 25.8. The molecule has 3 aromatic rings. The Bertz CT molecular complexity index is 1210. The first-order chi connectivity index (χ1) is 17.4. The van der Waals surface area contributed by atoms with Crippen molar-refractivity contribution in [3.05, 3.63) is 94.5 Å². The highest BCUT2D eigenvalue weighted by atomic mass is 35.5. The van der Waals surface area contributed by atoms with Crippen molar-refractivity contribution >= 4 is 34.8 Å². The molecule has 0 bridgehead atoms. The van der Waals surface area contributed by atoms with Crippen molar-refractivity contribution in [2.75, 3.05) is 30.9 Å². The second-order valence-corrected chi connectivity index (χ2v) is 10.1. The average Bonchev–Trinajstić information content (AvgIpc) is 3.69. The van der Waals surface area contributed by atoms with Crippen LogP contribution in [0.1, 0.15) is 53.6 Å². The van der Waals surface area contributed by atoms with Gasteiger partial charge >= 0.3 is 0 Å². The SMILES string of the molecule is CCC(C(=O)N(Cc1cc(NC(=O)c2ccccc2Cl)ccc1N(C)C)CC1CC1)c1ccccc1. The molecule has 0 radical (unpaired) electrons. The molecule has 1 aliphatic carbocycles. The Morgan fingerprint density at radius 3 is 2.33 bits per heavy atom. The quantitative estimate of drug-likeness (QED) is 0.339. The number of halogens is 1. The lowest BCUT2D eigenvalue weighted by atomic mass is 9.94. The molecule has 4 rings (SSSR count). The van der Waals surface area contributed by atoms with Gasteiger partial charge in [0, 0.05) is 38.6 Å². The van der Waals surface area contributed by atoms with Crippen LogP contribution >= 0.6 is 11.6 Å². The Morgan fingerprint density at radius 1 is 1.00 bits per heavy atom. The predicted molar refractivity (Wildman–Crippen MR) is 148 cm³/mol. The Balaban J connectivity index is 1.61. The van der Waals surface area contributed by atoms with Crippen LogP contribution in [0.4, 0.5) is 11.4 Å². The van der Waals surface area contributed by atoms with Crippen molar-refractivity contribution in [3.63, 3.8) is 0 Å². The van der Waals surface area contributed by atoms with Crippen molar-refractivity contribution in [3.8, 4) is 0 Å². The molecular formula is C30H34ClN3O2.